The number of benzene rings is 2. The van der Waals surface area contributed by atoms with Crippen molar-refractivity contribution in [2.24, 2.45) is 0 Å². The van der Waals surface area contributed by atoms with E-state index in [0.29, 0.717) is 12.8 Å². The molecule has 25 heavy (non-hydrogen) atoms. The second-order valence-electron chi connectivity index (χ2n) is 7.56. The third-order valence-electron chi connectivity index (χ3n) is 6.07. The van der Waals surface area contributed by atoms with Crippen LogP contribution in [0.5, 0.6) is 0 Å². The zero-order valence-electron chi connectivity index (χ0n) is 14.9. The van der Waals surface area contributed by atoms with E-state index in [9.17, 15) is 13.7 Å². The molecule has 0 bridgehead atoms. The number of hydrogen-bond acceptors (Lipinski definition) is 1. The van der Waals surface area contributed by atoms with Gasteiger partial charge in [-0.15, -0.1) is 0 Å². The van der Waals surface area contributed by atoms with Crippen LogP contribution in [0.1, 0.15) is 39.5 Å². The monoisotopic (exact) mass is 364 g/mol. The SMILES string of the molecule is CC(C)P(O)(c1ccccc1)(c1ccccc1)C1CCC(F)(F)CC1. The van der Waals surface area contributed by atoms with Crippen LogP contribution in [0.3, 0.4) is 0 Å². The van der Waals surface area contributed by atoms with Gasteiger partial charge in [-0.3, -0.25) is 0 Å². The predicted octanol–water partition coefficient (Wildman–Crippen LogP) is 5.08. The fraction of sp³-hybridized carbons (Fsp3) is 0.429. The van der Waals surface area contributed by atoms with E-state index in [-0.39, 0.29) is 24.2 Å². The van der Waals surface area contributed by atoms with E-state index in [1.807, 2.05) is 74.5 Å². The van der Waals surface area contributed by atoms with E-state index in [0.717, 1.165) is 10.6 Å². The Morgan fingerprint density at radius 1 is 0.880 bits per heavy atom. The predicted molar refractivity (Wildman–Crippen MR) is 104 cm³/mol. The summed E-state index contributed by atoms with van der Waals surface area (Å²) in [5.74, 6) is -2.60. The number of alkyl halides is 2. The zero-order valence-corrected chi connectivity index (χ0v) is 15.8. The molecular formula is C21H27F2OP. The van der Waals surface area contributed by atoms with E-state index in [1.54, 1.807) is 0 Å². The van der Waals surface area contributed by atoms with Crippen LogP contribution >= 0.6 is 6.83 Å². The van der Waals surface area contributed by atoms with Gasteiger partial charge in [0.1, 0.15) is 0 Å². The Bertz CT molecular complexity index is 666. The molecule has 0 radical (unpaired) electrons. The molecule has 0 saturated heterocycles. The van der Waals surface area contributed by atoms with Crippen LogP contribution < -0.4 is 10.6 Å². The molecule has 4 heteroatoms. The average Bonchev–Trinajstić information content (AvgIpc) is 2.62. The summed E-state index contributed by atoms with van der Waals surface area (Å²) in [5, 5.41) is 1.84. The molecule has 0 atom stereocenters. The van der Waals surface area contributed by atoms with E-state index in [1.165, 1.54) is 0 Å². The van der Waals surface area contributed by atoms with Gasteiger partial charge in [-0.1, -0.05) is 0 Å². The standard InChI is InChI=1S/C21H27F2OP/c1-17(2)25(24,18-9-5-3-6-10-18,19-11-7-4-8-12-19)20-13-15-21(22,23)16-14-20/h3-12,17,20,24H,13-16H2,1-2H3. The van der Waals surface area contributed by atoms with Crippen LogP contribution in [-0.2, 0) is 0 Å². The summed E-state index contributed by atoms with van der Waals surface area (Å²) in [6.07, 6.45) is 0.456. The molecule has 0 spiro atoms. The molecule has 1 saturated carbocycles. The summed E-state index contributed by atoms with van der Waals surface area (Å²) < 4.78 is 27.7. The summed E-state index contributed by atoms with van der Waals surface area (Å²) in [7, 11) is 0. The van der Waals surface area contributed by atoms with Gasteiger partial charge in [0.25, 0.3) is 0 Å². The summed E-state index contributed by atoms with van der Waals surface area (Å²) in [6, 6.07) is 19.6. The zero-order chi connectivity index (χ0) is 18.2. The first-order valence-corrected chi connectivity index (χ1v) is 11.4. The van der Waals surface area contributed by atoms with Crippen molar-refractivity contribution in [2.75, 3.05) is 0 Å². The van der Waals surface area contributed by atoms with E-state index in [4.69, 9.17) is 0 Å². The molecule has 1 N–H and O–H groups in total. The Labute approximate surface area is 149 Å². The van der Waals surface area contributed by atoms with Crippen molar-refractivity contribution in [3.05, 3.63) is 60.7 Å². The molecule has 0 amide bonds. The van der Waals surface area contributed by atoms with Crippen molar-refractivity contribution in [3.8, 4) is 0 Å². The maximum atomic E-state index is 13.8. The van der Waals surface area contributed by atoms with E-state index >= 15 is 0 Å². The molecule has 0 aliphatic heterocycles. The number of halogens is 2. The number of rotatable bonds is 4. The third kappa shape index (κ3) is 2.82. The number of hydrogen-bond donors (Lipinski definition) is 1. The molecule has 1 nitrogen and oxygen atoms in total. The van der Waals surface area contributed by atoms with Crippen molar-refractivity contribution in [1.82, 2.24) is 0 Å². The van der Waals surface area contributed by atoms with Crippen molar-refractivity contribution in [3.63, 3.8) is 0 Å². The summed E-state index contributed by atoms with van der Waals surface area (Å²) in [4.78, 5) is 12.7. The van der Waals surface area contributed by atoms with Crippen LogP contribution in [0.2, 0.25) is 0 Å². The second-order valence-corrected chi connectivity index (χ2v) is 12.8. The Kier molecular flexibility index (Phi) is 4.77. The summed E-state index contributed by atoms with van der Waals surface area (Å²) in [6.45, 7) is 0.461. The first kappa shape index (κ1) is 18.5. The van der Waals surface area contributed by atoms with Crippen molar-refractivity contribution in [2.45, 2.75) is 56.8 Å². The molecular weight excluding hydrogens is 337 g/mol. The first-order valence-electron chi connectivity index (χ1n) is 9.04. The molecule has 3 rings (SSSR count). The van der Waals surface area contributed by atoms with E-state index < -0.39 is 12.8 Å². The van der Waals surface area contributed by atoms with Gasteiger partial charge in [-0.05, 0) is 0 Å². The van der Waals surface area contributed by atoms with E-state index in [2.05, 4.69) is 0 Å². The molecule has 136 valence electrons. The Morgan fingerprint density at radius 3 is 1.64 bits per heavy atom. The molecule has 0 aromatic heterocycles. The van der Waals surface area contributed by atoms with Crippen LogP contribution in [0.15, 0.2) is 60.7 Å². The fourth-order valence-electron chi connectivity index (χ4n) is 4.62. The Morgan fingerprint density at radius 2 is 1.28 bits per heavy atom. The summed E-state index contributed by atoms with van der Waals surface area (Å²) >= 11 is 0. The third-order valence-corrected chi connectivity index (χ3v) is 12.9. The van der Waals surface area contributed by atoms with Crippen molar-refractivity contribution in [1.29, 1.82) is 0 Å². The molecule has 0 heterocycles. The Hall–Kier alpha value is -1.31. The van der Waals surface area contributed by atoms with Crippen molar-refractivity contribution >= 4 is 17.4 Å². The second kappa shape index (κ2) is 6.45. The molecule has 2 aromatic carbocycles. The molecule has 1 aliphatic carbocycles. The molecule has 1 aliphatic rings. The maximum absolute atomic E-state index is 13.8. The molecule has 1 fully saturated rings. The van der Waals surface area contributed by atoms with Gasteiger partial charge in [0, 0.05) is 0 Å². The quantitative estimate of drug-likeness (QED) is 0.750. The Balaban J connectivity index is 2.24. The first-order chi connectivity index (χ1) is 11.8. The fourth-order valence-corrected chi connectivity index (χ4v) is 10.7. The van der Waals surface area contributed by atoms with Crippen LogP contribution in [-0.4, -0.2) is 22.1 Å². The minimum atomic E-state index is -3.63. The van der Waals surface area contributed by atoms with Gasteiger partial charge in [-0.25, -0.2) is 0 Å². The molecule has 0 unspecified atom stereocenters. The van der Waals surface area contributed by atoms with Gasteiger partial charge >= 0.3 is 149 Å². The normalized spacial score (nSPS) is 20.2. The summed E-state index contributed by atoms with van der Waals surface area (Å²) in [5.41, 5.74) is -0.164. The average molecular weight is 364 g/mol. The van der Waals surface area contributed by atoms with Crippen LogP contribution in [0.4, 0.5) is 8.78 Å². The van der Waals surface area contributed by atoms with Gasteiger partial charge < -0.3 is 0 Å². The van der Waals surface area contributed by atoms with Gasteiger partial charge in [0.2, 0.25) is 0 Å². The van der Waals surface area contributed by atoms with Crippen molar-refractivity contribution < 1.29 is 13.7 Å². The van der Waals surface area contributed by atoms with Gasteiger partial charge in [-0.2, -0.15) is 0 Å². The molecule has 2 aromatic rings. The minimum absolute atomic E-state index is 0.0347. The van der Waals surface area contributed by atoms with Crippen LogP contribution in [0, 0.1) is 0 Å². The van der Waals surface area contributed by atoms with Gasteiger partial charge in [0.05, 0.1) is 0 Å². The van der Waals surface area contributed by atoms with Gasteiger partial charge in [0.15, 0.2) is 0 Å². The van der Waals surface area contributed by atoms with Crippen LogP contribution in [0.25, 0.3) is 0 Å². The topological polar surface area (TPSA) is 20.2 Å².